The molecular formula is C21H26FN3OS. The van der Waals surface area contributed by atoms with E-state index in [0.29, 0.717) is 11.5 Å². The van der Waals surface area contributed by atoms with Crippen LogP contribution in [0.25, 0.3) is 11.0 Å². The number of benzene rings is 1. The van der Waals surface area contributed by atoms with Crippen molar-refractivity contribution in [3.8, 4) is 5.75 Å². The molecule has 0 radical (unpaired) electrons. The van der Waals surface area contributed by atoms with Crippen LogP contribution >= 0.6 is 11.8 Å². The van der Waals surface area contributed by atoms with Crippen molar-refractivity contribution in [3.63, 3.8) is 0 Å². The van der Waals surface area contributed by atoms with Gasteiger partial charge in [0.05, 0.1) is 16.7 Å². The van der Waals surface area contributed by atoms with Crippen LogP contribution in [0.4, 0.5) is 4.39 Å². The molecule has 2 heterocycles. The molecule has 3 aromatic rings. The number of aromatic nitrogens is 3. The van der Waals surface area contributed by atoms with E-state index in [4.69, 9.17) is 4.74 Å². The van der Waals surface area contributed by atoms with Gasteiger partial charge in [-0.05, 0) is 24.6 Å². The van der Waals surface area contributed by atoms with Crippen LogP contribution in [0.1, 0.15) is 45.2 Å². The van der Waals surface area contributed by atoms with Gasteiger partial charge in [-0.15, -0.1) is 0 Å². The van der Waals surface area contributed by atoms with E-state index >= 15 is 0 Å². The first-order valence-corrected chi connectivity index (χ1v) is 10.5. The number of H-pyrrole nitrogens is 1. The summed E-state index contributed by atoms with van der Waals surface area (Å²) < 4.78 is 19.9. The highest BCUT2D eigenvalue weighted by Crippen LogP contribution is 2.25. The van der Waals surface area contributed by atoms with E-state index in [1.807, 2.05) is 31.2 Å². The zero-order chi connectivity index (χ0) is 19.1. The molecule has 0 aliphatic rings. The number of pyridine rings is 1. The number of ether oxygens (including phenoxy) is 1. The zero-order valence-corrected chi connectivity index (χ0v) is 16.6. The lowest BCUT2D eigenvalue weighted by molar-refractivity contribution is 0.0148. The standard InChI is InChI=1S/C21H26FN3OS/c1-3-4-5-8-15(2)20(22)26-17-11-12-23-16(13-17)14-27-21-24-18-9-6-7-10-19(18)25-21/h6-7,9-13,15,20H,3-5,8,14H2,1-2H3,(H,24,25). The molecule has 0 spiro atoms. The first kappa shape index (κ1) is 19.7. The molecule has 27 heavy (non-hydrogen) atoms. The Morgan fingerprint density at radius 1 is 1.22 bits per heavy atom. The summed E-state index contributed by atoms with van der Waals surface area (Å²) in [6, 6.07) is 11.4. The maximum atomic E-state index is 14.3. The smallest absolute Gasteiger partial charge is 0.241 e. The summed E-state index contributed by atoms with van der Waals surface area (Å²) in [7, 11) is 0. The van der Waals surface area contributed by atoms with Gasteiger partial charge in [-0.25, -0.2) is 9.37 Å². The topological polar surface area (TPSA) is 50.8 Å². The molecule has 6 heteroatoms. The third-order valence-electron chi connectivity index (χ3n) is 4.47. The number of aromatic amines is 1. The number of alkyl halides is 1. The minimum atomic E-state index is -1.29. The highest BCUT2D eigenvalue weighted by Gasteiger charge is 2.18. The van der Waals surface area contributed by atoms with Gasteiger partial charge in [0.25, 0.3) is 0 Å². The van der Waals surface area contributed by atoms with E-state index < -0.39 is 6.36 Å². The number of hydrogen-bond acceptors (Lipinski definition) is 4. The van der Waals surface area contributed by atoms with Crippen LogP contribution in [0.2, 0.25) is 0 Å². The zero-order valence-electron chi connectivity index (χ0n) is 15.8. The first-order chi connectivity index (χ1) is 13.2. The first-order valence-electron chi connectivity index (χ1n) is 9.49. The second kappa shape index (κ2) is 9.74. The molecule has 0 saturated carbocycles. The largest absolute Gasteiger partial charge is 0.460 e. The van der Waals surface area contributed by atoms with Crippen LogP contribution in [0.15, 0.2) is 47.8 Å². The van der Waals surface area contributed by atoms with Gasteiger partial charge >= 0.3 is 0 Å². The van der Waals surface area contributed by atoms with Crippen LogP contribution < -0.4 is 4.74 Å². The van der Waals surface area contributed by atoms with Gasteiger partial charge in [0.15, 0.2) is 5.16 Å². The SMILES string of the molecule is CCCCCC(C)C(F)Oc1ccnc(CSc2nc3ccccc3[nH]2)c1. The Bertz CT molecular complexity index is 821. The lowest BCUT2D eigenvalue weighted by Gasteiger charge is -2.18. The molecule has 0 fully saturated rings. The Morgan fingerprint density at radius 3 is 2.89 bits per heavy atom. The van der Waals surface area contributed by atoms with Gasteiger partial charge in [0.2, 0.25) is 6.36 Å². The van der Waals surface area contributed by atoms with Crippen LogP contribution in [-0.2, 0) is 5.75 Å². The van der Waals surface area contributed by atoms with Gasteiger partial charge in [-0.1, -0.05) is 57.0 Å². The summed E-state index contributed by atoms with van der Waals surface area (Å²) in [6.07, 6.45) is 4.53. The molecule has 2 unspecified atom stereocenters. The summed E-state index contributed by atoms with van der Waals surface area (Å²) in [5.74, 6) is 1.05. The van der Waals surface area contributed by atoms with Crippen molar-refractivity contribution < 1.29 is 9.13 Å². The molecule has 3 rings (SSSR count). The second-order valence-electron chi connectivity index (χ2n) is 6.77. The van der Waals surface area contributed by atoms with Crippen molar-refractivity contribution in [2.24, 2.45) is 5.92 Å². The lowest BCUT2D eigenvalue weighted by Crippen LogP contribution is -2.20. The van der Waals surface area contributed by atoms with Gasteiger partial charge in [-0.3, -0.25) is 4.98 Å². The number of para-hydroxylation sites is 2. The van der Waals surface area contributed by atoms with Gasteiger partial charge in [0, 0.05) is 23.9 Å². The number of imidazole rings is 1. The van der Waals surface area contributed by atoms with E-state index in [2.05, 4.69) is 21.9 Å². The van der Waals surface area contributed by atoms with Gasteiger partial charge in [0.1, 0.15) is 5.75 Å². The van der Waals surface area contributed by atoms with E-state index in [1.165, 1.54) is 0 Å². The van der Waals surface area contributed by atoms with Crippen molar-refractivity contribution in [1.29, 1.82) is 0 Å². The molecule has 4 nitrogen and oxygen atoms in total. The van der Waals surface area contributed by atoms with Crippen molar-refractivity contribution in [3.05, 3.63) is 48.3 Å². The minimum Gasteiger partial charge on any atom is -0.460 e. The second-order valence-corrected chi connectivity index (χ2v) is 7.74. The summed E-state index contributed by atoms with van der Waals surface area (Å²) in [4.78, 5) is 12.2. The van der Waals surface area contributed by atoms with E-state index in [1.54, 1.807) is 30.1 Å². The maximum absolute atomic E-state index is 14.3. The molecule has 1 aromatic carbocycles. The number of rotatable bonds is 10. The van der Waals surface area contributed by atoms with E-state index in [0.717, 1.165) is 47.6 Å². The summed E-state index contributed by atoms with van der Waals surface area (Å²) in [5.41, 5.74) is 2.80. The Kier molecular flexibility index (Phi) is 7.10. The van der Waals surface area contributed by atoms with E-state index in [-0.39, 0.29) is 5.92 Å². The van der Waals surface area contributed by atoms with Crippen LogP contribution in [0, 0.1) is 5.92 Å². The molecule has 2 aromatic heterocycles. The van der Waals surface area contributed by atoms with Crippen LogP contribution in [0.3, 0.4) is 0 Å². The molecular weight excluding hydrogens is 361 g/mol. The fourth-order valence-corrected chi connectivity index (χ4v) is 3.63. The fraction of sp³-hybridized carbons (Fsp3) is 0.429. The Labute approximate surface area is 164 Å². The number of fused-ring (bicyclic) bond motifs is 1. The van der Waals surface area contributed by atoms with Crippen molar-refractivity contribution in [2.75, 3.05) is 0 Å². The summed E-state index contributed by atoms with van der Waals surface area (Å²) in [6.45, 7) is 4.05. The van der Waals surface area contributed by atoms with Crippen LogP contribution in [0.5, 0.6) is 5.75 Å². The van der Waals surface area contributed by atoms with E-state index in [9.17, 15) is 4.39 Å². The number of nitrogens with one attached hydrogen (secondary N) is 1. The molecule has 144 valence electrons. The number of thioether (sulfide) groups is 1. The lowest BCUT2D eigenvalue weighted by atomic mass is 10.0. The Morgan fingerprint density at radius 2 is 2.07 bits per heavy atom. The van der Waals surface area contributed by atoms with Crippen molar-refractivity contribution in [2.45, 2.75) is 56.8 Å². The Balaban J connectivity index is 1.55. The highest BCUT2D eigenvalue weighted by molar-refractivity contribution is 7.98. The molecule has 0 bridgehead atoms. The highest BCUT2D eigenvalue weighted by atomic mass is 32.2. The number of hydrogen-bond donors (Lipinski definition) is 1. The normalized spacial score (nSPS) is 13.6. The summed E-state index contributed by atoms with van der Waals surface area (Å²) >= 11 is 1.57. The van der Waals surface area contributed by atoms with Gasteiger partial charge in [-0.2, -0.15) is 0 Å². The predicted molar refractivity (Wildman–Crippen MR) is 109 cm³/mol. The summed E-state index contributed by atoms with van der Waals surface area (Å²) in [5, 5.41) is 0.845. The molecule has 0 aliphatic heterocycles. The van der Waals surface area contributed by atoms with Crippen molar-refractivity contribution in [1.82, 2.24) is 15.0 Å². The molecule has 1 N–H and O–H groups in total. The van der Waals surface area contributed by atoms with Crippen LogP contribution in [-0.4, -0.2) is 21.3 Å². The molecule has 0 aliphatic carbocycles. The quantitative estimate of drug-likeness (QED) is 0.335. The third kappa shape index (κ3) is 5.70. The third-order valence-corrected chi connectivity index (χ3v) is 5.38. The average Bonchev–Trinajstić information content (AvgIpc) is 3.10. The maximum Gasteiger partial charge on any atom is 0.241 e. The molecule has 0 saturated heterocycles. The molecule has 0 amide bonds. The van der Waals surface area contributed by atoms with Crippen molar-refractivity contribution >= 4 is 22.8 Å². The minimum absolute atomic E-state index is 0.113. The Hall–Kier alpha value is -2.08. The number of unbranched alkanes of at least 4 members (excludes halogenated alkanes) is 2. The average molecular weight is 388 g/mol. The fourth-order valence-electron chi connectivity index (χ4n) is 2.84. The predicted octanol–water partition coefficient (Wildman–Crippen LogP) is 6.14. The number of halogens is 1. The van der Waals surface area contributed by atoms with Gasteiger partial charge < -0.3 is 9.72 Å². The molecule has 2 atom stereocenters. The number of nitrogens with zero attached hydrogens (tertiary/aromatic N) is 2. The monoisotopic (exact) mass is 387 g/mol.